The molecular formula is C34H21N3. The monoisotopic (exact) mass is 471 g/mol. The molecular weight excluding hydrogens is 450 g/mol. The molecule has 2 aromatic heterocycles. The van der Waals surface area contributed by atoms with Crippen LogP contribution in [-0.4, -0.2) is 14.5 Å². The van der Waals surface area contributed by atoms with Gasteiger partial charge in [-0.1, -0.05) is 84.9 Å². The van der Waals surface area contributed by atoms with Crippen LogP contribution in [0.15, 0.2) is 127 Å². The van der Waals surface area contributed by atoms with Crippen molar-refractivity contribution < 1.29 is 0 Å². The minimum atomic E-state index is 0.877. The van der Waals surface area contributed by atoms with E-state index in [4.69, 9.17) is 9.97 Å². The number of benzene rings is 6. The molecule has 0 unspecified atom stereocenters. The first kappa shape index (κ1) is 20.2. The Morgan fingerprint density at radius 2 is 1.14 bits per heavy atom. The largest absolute Gasteiger partial charge is 0.293 e. The van der Waals surface area contributed by atoms with Gasteiger partial charge in [-0.05, 0) is 75.1 Å². The van der Waals surface area contributed by atoms with Crippen LogP contribution in [0.25, 0.3) is 71.5 Å². The third kappa shape index (κ3) is 3.08. The zero-order valence-electron chi connectivity index (χ0n) is 20.0. The highest BCUT2D eigenvalue weighted by Crippen LogP contribution is 2.35. The van der Waals surface area contributed by atoms with E-state index in [1.165, 1.54) is 32.7 Å². The molecule has 0 radical (unpaired) electrons. The fourth-order valence-electron chi connectivity index (χ4n) is 5.57. The van der Waals surface area contributed by atoms with Gasteiger partial charge in [0.1, 0.15) is 5.52 Å². The third-order valence-electron chi connectivity index (χ3n) is 7.35. The van der Waals surface area contributed by atoms with Gasteiger partial charge in [0.05, 0.1) is 16.6 Å². The van der Waals surface area contributed by atoms with E-state index in [1.54, 1.807) is 0 Å². The van der Waals surface area contributed by atoms with Crippen molar-refractivity contribution >= 4 is 54.6 Å². The van der Waals surface area contributed by atoms with Crippen molar-refractivity contribution in [3.05, 3.63) is 127 Å². The lowest BCUT2D eigenvalue weighted by molar-refractivity contribution is 1.14. The summed E-state index contributed by atoms with van der Waals surface area (Å²) in [5, 5.41) is 6.18. The van der Waals surface area contributed by atoms with Crippen molar-refractivity contribution in [3.63, 3.8) is 0 Å². The summed E-state index contributed by atoms with van der Waals surface area (Å²) in [7, 11) is 0. The van der Waals surface area contributed by atoms with Gasteiger partial charge in [-0.2, -0.15) is 0 Å². The zero-order chi connectivity index (χ0) is 24.3. The molecule has 0 N–H and O–H groups in total. The van der Waals surface area contributed by atoms with Crippen LogP contribution >= 0.6 is 0 Å². The zero-order valence-corrected chi connectivity index (χ0v) is 20.0. The van der Waals surface area contributed by atoms with E-state index in [0.717, 1.165) is 38.8 Å². The van der Waals surface area contributed by atoms with Crippen molar-refractivity contribution in [2.45, 2.75) is 0 Å². The average molecular weight is 472 g/mol. The summed E-state index contributed by atoms with van der Waals surface area (Å²) in [6, 6.07) is 45.0. The van der Waals surface area contributed by atoms with Gasteiger partial charge >= 0.3 is 0 Å². The summed E-state index contributed by atoms with van der Waals surface area (Å²) in [5.41, 5.74) is 8.16. The lowest BCUT2D eigenvalue weighted by Gasteiger charge is -2.09. The number of para-hydroxylation sites is 3. The molecule has 0 atom stereocenters. The quantitative estimate of drug-likeness (QED) is 0.236. The van der Waals surface area contributed by atoms with E-state index in [-0.39, 0.29) is 0 Å². The van der Waals surface area contributed by atoms with Crippen LogP contribution in [0.4, 0.5) is 0 Å². The molecule has 0 spiro atoms. The van der Waals surface area contributed by atoms with E-state index in [9.17, 15) is 0 Å². The minimum absolute atomic E-state index is 0.877. The maximum atomic E-state index is 5.09. The first-order chi connectivity index (χ1) is 18.3. The highest BCUT2D eigenvalue weighted by atomic mass is 15.1. The fraction of sp³-hybridized carbons (Fsp3) is 0. The molecule has 0 amide bonds. The predicted molar refractivity (Wildman–Crippen MR) is 154 cm³/mol. The molecule has 8 aromatic rings. The lowest BCUT2D eigenvalue weighted by Crippen LogP contribution is -1.96. The maximum Gasteiger partial charge on any atom is 0.165 e. The molecule has 37 heavy (non-hydrogen) atoms. The van der Waals surface area contributed by atoms with Gasteiger partial charge < -0.3 is 0 Å². The van der Waals surface area contributed by atoms with Gasteiger partial charge in [-0.3, -0.25) is 4.57 Å². The van der Waals surface area contributed by atoms with Crippen LogP contribution in [0.1, 0.15) is 0 Å². The molecule has 0 fully saturated rings. The van der Waals surface area contributed by atoms with Crippen molar-refractivity contribution in [3.8, 4) is 16.8 Å². The number of hydrogen-bond acceptors (Lipinski definition) is 2. The number of rotatable bonds is 2. The Bertz CT molecular complexity index is 2140. The third-order valence-corrected chi connectivity index (χ3v) is 7.35. The Hall–Kier alpha value is -5.02. The van der Waals surface area contributed by atoms with Crippen LogP contribution in [0, 0.1) is 0 Å². The average Bonchev–Trinajstić information content (AvgIpc) is 3.28. The first-order valence-electron chi connectivity index (χ1n) is 12.5. The number of aromatic nitrogens is 3. The summed E-state index contributed by atoms with van der Waals surface area (Å²) in [4.78, 5) is 10.2. The van der Waals surface area contributed by atoms with E-state index in [2.05, 4.69) is 102 Å². The topological polar surface area (TPSA) is 30.7 Å². The second kappa shape index (κ2) is 7.74. The maximum absolute atomic E-state index is 5.09. The molecule has 0 aliphatic carbocycles. The number of hydrogen-bond donors (Lipinski definition) is 0. The Morgan fingerprint density at radius 3 is 2.03 bits per heavy atom. The number of nitrogens with zero attached hydrogens (tertiary/aromatic N) is 3. The molecule has 8 rings (SSSR count). The Kier molecular flexibility index (Phi) is 4.23. The molecule has 0 saturated heterocycles. The van der Waals surface area contributed by atoms with Crippen molar-refractivity contribution in [1.82, 2.24) is 14.5 Å². The summed E-state index contributed by atoms with van der Waals surface area (Å²) >= 11 is 0. The number of fused-ring (bicyclic) bond motifs is 7. The van der Waals surface area contributed by atoms with Crippen LogP contribution < -0.4 is 0 Å². The van der Waals surface area contributed by atoms with Crippen LogP contribution in [0.2, 0.25) is 0 Å². The van der Waals surface area contributed by atoms with Gasteiger partial charge in [0, 0.05) is 11.1 Å². The molecule has 172 valence electrons. The lowest BCUT2D eigenvalue weighted by atomic mass is 9.97. The normalized spacial score (nSPS) is 11.8. The van der Waals surface area contributed by atoms with E-state index in [0.29, 0.717) is 0 Å². The standard InChI is InChI=1S/C34H21N3/c1-2-9-26(10-3-1)37-32-19-17-24(21-29(32)33-34(37)36-31-13-7-6-12-30(31)35-33)23-16-18-28-25(20-23)15-14-22-8-4-5-11-27(22)28/h1-21H. The molecule has 6 aromatic carbocycles. The fourth-order valence-corrected chi connectivity index (χ4v) is 5.57. The van der Waals surface area contributed by atoms with E-state index in [1.807, 2.05) is 30.3 Å². The Labute approximate surface area is 213 Å². The molecule has 0 aliphatic rings. The molecule has 3 nitrogen and oxygen atoms in total. The van der Waals surface area contributed by atoms with E-state index < -0.39 is 0 Å². The summed E-state index contributed by atoms with van der Waals surface area (Å²) in [6.07, 6.45) is 0. The molecule has 0 aliphatic heterocycles. The van der Waals surface area contributed by atoms with Crippen molar-refractivity contribution in [2.75, 3.05) is 0 Å². The van der Waals surface area contributed by atoms with Crippen molar-refractivity contribution in [2.24, 2.45) is 0 Å². The van der Waals surface area contributed by atoms with Crippen LogP contribution in [0.5, 0.6) is 0 Å². The van der Waals surface area contributed by atoms with Crippen LogP contribution in [0.3, 0.4) is 0 Å². The van der Waals surface area contributed by atoms with Gasteiger partial charge in [0.15, 0.2) is 5.65 Å². The second-order valence-corrected chi connectivity index (χ2v) is 9.51. The second-order valence-electron chi connectivity index (χ2n) is 9.51. The molecule has 0 bridgehead atoms. The summed E-state index contributed by atoms with van der Waals surface area (Å²) in [5.74, 6) is 0. The molecule has 2 heterocycles. The molecule has 3 heteroatoms. The predicted octanol–water partition coefficient (Wildman–Crippen LogP) is 8.70. The smallest absolute Gasteiger partial charge is 0.165 e. The minimum Gasteiger partial charge on any atom is -0.293 e. The molecule has 0 saturated carbocycles. The SMILES string of the molecule is c1ccc(-n2c3ccc(-c4ccc5c(ccc6ccccc65)c4)cc3c3nc4ccccc4nc32)cc1. The highest BCUT2D eigenvalue weighted by Gasteiger charge is 2.17. The van der Waals surface area contributed by atoms with Crippen LogP contribution in [-0.2, 0) is 0 Å². The highest BCUT2D eigenvalue weighted by molar-refractivity contribution is 6.10. The van der Waals surface area contributed by atoms with Gasteiger partial charge in [0.25, 0.3) is 0 Å². The Morgan fingerprint density at radius 1 is 0.459 bits per heavy atom. The van der Waals surface area contributed by atoms with Gasteiger partial charge in [0.2, 0.25) is 0 Å². The first-order valence-corrected chi connectivity index (χ1v) is 12.5. The summed E-state index contributed by atoms with van der Waals surface area (Å²) in [6.45, 7) is 0. The van der Waals surface area contributed by atoms with Gasteiger partial charge in [-0.25, -0.2) is 9.97 Å². The summed E-state index contributed by atoms with van der Waals surface area (Å²) < 4.78 is 2.22. The van der Waals surface area contributed by atoms with Crippen molar-refractivity contribution in [1.29, 1.82) is 0 Å². The van der Waals surface area contributed by atoms with Gasteiger partial charge in [-0.15, -0.1) is 0 Å². The van der Waals surface area contributed by atoms with E-state index >= 15 is 0 Å². The Balaban J connectivity index is 1.40.